The van der Waals surface area contributed by atoms with Crippen molar-refractivity contribution in [3.63, 3.8) is 0 Å². The number of aromatic nitrogens is 4. The summed E-state index contributed by atoms with van der Waals surface area (Å²) >= 11 is 4.09. The van der Waals surface area contributed by atoms with Gasteiger partial charge in [-0.15, -0.1) is 12.6 Å². The molecule has 0 N–H and O–H groups in total. The molecule has 17 heavy (non-hydrogen) atoms. The molecule has 0 unspecified atom stereocenters. The smallest absolute Gasteiger partial charge is 0.299 e. The van der Waals surface area contributed by atoms with Crippen LogP contribution in [0.15, 0.2) is 14.7 Å². The Hall–Kier alpha value is -2.01. The Morgan fingerprint density at radius 1 is 1.35 bits per heavy atom. The van der Waals surface area contributed by atoms with Gasteiger partial charge in [0.15, 0.2) is 16.3 Å². The van der Waals surface area contributed by atoms with Crippen LogP contribution in [0.5, 0.6) is 0 Å². The molecule has 0 aliphatic carbocycles. The van der Waals surface area contributed by atoms with E-state index in [0.29, 0.717) is 0 Å². The molecule has 0 bridgehead atoms. The topological polar surface area (TPSA) is 85.6 Å². The maximum absolute atomic E-state index is 12.0. The number of imidazole rings is 1. The van der Waals surface area contributed by atoms with E-state index in [1.165, 1.54) is 23.2 Å². The highest BCUT2D eigenvalue weighted by Crippen LogP contribution is 2.13. The van der Waals surface area contributed by atoms with Gasteiger partial charge in [0, 0.05) is 14.1 Å². The molecule has 0 aliphatic heterocycles. The highest BCUT2D eigenvalue weighted by atomic mass is 32.1. The highest BCUT2D eigenvalue weighted by molar-refractivity contribution is 7.80. The monoisotopic (exact) mass is 251 g/mol. The Kier molecular flexibility index (Phi) is 2.55. The third-order valence-electron chi connectivity index (χ3n) is 2.56. The first-order valence-corrected chi connectivity index (χ1v) is 5.16. The van der Waals surface area contributed by atoms with Crippen LogP contribution in [0.3, 0.4) is 0 Å². The molecule has 0 atom stereocenters. The van der Waals surface area contributed by atoms with E-state index >= 15 is 0 Å². The number of nitriles is 1. The van der Waals surface area contributed by atoms with Gasteiger partial charge in [0.2, 0.25) is 0 Å². The molecule has 2 aromatic heterocycles. The van der Waals surface area contributed by atoms with Gasteiger partial charge >= 0.3 is 5.69 Å². The van der Waals surface area contributed by atoms with Gasteiger partial charge in [0.25, 0.3) is 5.56 Å². The van der Waals surface area contributed by atoms with Crippen molar-refractivity contribution < 1.29 is 0 Å². The normalized spacial score (nSPS) is 10.7. The molecule has 2 rings (SSSR count). The number of aryl methyl sites for hydroxylation is 1. The third-order valence-corrected chi connectivity index (χ3v) is 2.90. The zero-order valence-electron chi connectivity index (χ0n) is 9.21. The molecule has 0 saturated carbocycles. The van der Waals surface area contributed by atoms with Crippen molar-refractivity contribution in [3.8, 4) is 6.07 Å². The second-order valence-corrected chi connectivity index (χ2v) is 3.93. The zero-order chi connectivity index (χ0) is 12.7. The van der Waals surface area contributed by atoms with Gasteiger partial charge in [-0.3, -0.25) is 18.5 Å². The Morgan fingerprint density at radius 2 is 2.00 bits per heavy atom. The Labute approximate surface area is 101 Å². The lowest BCUT2D eigenvalue weighted by molar-refractivity contribution is 0.701. The van der Waals surface area contributed by atoms with E-state index in [4.69, 9.17) is 5.26 Å². The summed E-state index contributed by atoms with van der Waals surface area (Å²) in [6.45, 7) is -0.0389. The second kappa shape index (κ2) is 3.78. The zero-order valence-corrected chi connectivity index (χ0v) is 10.1. The molecule has 0 saturated heterocycles. The van der Waals surface area contributed by atoms with Crippen molar-refractivity contribution in [3.05, 3.63) is 20.8 Å². The molecule has 0 spiro atoms. The van der Waals surface area contributed by atoms with Crippen molar-refractivity contribution in [1.29, 1.82) is 5.26 Å². The van der Waals surface area contributed by atoms with Gasteiger partial charge < -0.3 is 0 Å². The van der Waals surface area contributed by atoms with Crippen LogP contribution in [-0.2, 0) is 20.6 Å². The molecule has 8 heteroatoms. The van der Waals surface area contributed by atoms with Crippen molar-refractivity contribution in [2.75, 3.05) is 0 Å². The Bertz CT molecular complexity index is 761. The van der Waals surface area contributed by atoms with Gasteiger partial charge in [0.05, 0.1) is 6.07 Å². The maximum atomic E-state index is 12.0. The third kappa shape index (κ3) is 1.47. The first-order valence-electron chi connectivity index (χ1n) is 4.71. The molecule has 0 aromatic carbocycles. The van der Waals surface area contributed by atoms with E-state index < -0.39 is 11.2 Å². The summed E-state index contributed by atoms with van der Waals surface area (Å²) in [5, 5.41) is 8.93. The summed E-state index contributed by atoms with van der Waals surface area (Å²) in [5.41, 5.74) is -0.497. The van der Waals surface area contributed by atoms with E-state index in [9.17, 15) is 9.59 Å². The first kappa shape index (κ1) is 11.5. The van der Waals surface area contributed by atoms with Crippen LogP contribution in [0.4, 0.5) is 0 Å². The summed E-state index contributed by atoms with van der Waals surface area (Å²) < 4.78 is 3.61. The first-order chi connectivity index (χ1) is 7.99. The number of thiol groups is 1. The van der Waals surface area contributed by atoms with Gasteiger partial charge in [-0.1, -0.05) is 0 Å². The molecule has 88 valence electrons. The highest BCUT2D eigenvalue weighted by Gasteiger charge is 2.16. The minimum atomic E-state index is -0.480. The van der Waals surface area contributed by atoms with Crippen LogP contribution in [0, 0.1) is 11.3 Å². The van der Waals surface area contributed by atoms with Crippen molar-refractivity contribution in [2.45, 2.75) is 11.7 Å². The molecular formula is C9H9N5O2S. The molecule has 0 aliphatic rings. The van der Waals surface area contributed by atoms with Crippen LogP contribution in [0.2, 0.25) is 0 Å². The van der Waals surface area contributed by atoms with Crippen LogP contribution in [0.25, 0.3) is 11.2 Å². The molecule has 0 radical (unpaired) electrons. The van der Waals surface area contributed by atoms with E-state index in [0.717, 1.165) is 4.57 Å². The van der Waals surface area contributed by atoms with Gasteiger partial charge in [0.1, 0.15) is 6.54 Å². The second-order valence-electron chi connectivity index (χ2n) is 3.53. The largest absolute Gasteiger partial charge is 0.332 e. The summed E-state index contributed by atoms with van der Waals surface area (Å²) in [6.07, 6.45) is 0. The number of rotatable bonds is 1. The standard InChI is InChI=1S/C9H9N5O2S/c1-12-6-5(7(15)13(2)9(12)16)14(4-3-10)8(17)11-6/h4H2,1-2H3,(H,11,17). The lowest BCUT2D eigenvalue weighted by atomic mass is 10.5. The van der Waals surface area contributed by atoms with Crippen molar-refractivity contribution >= 4 is 23.8 Å². The number of hydrogen-bond acceptors (Lipinski definition) is 5. The van der Waals surface area contributed by atoms with Crippen molar-refractivity contribution in [2.24, 2.45) is 14.1 Å². The van der Waals surface area contributed by atoms with Crippen molar-refractivity contribution in [1.82, 2.24) is 18.7 Å². The minimum absolute atomic E-state index is 0.0389. The van der Waals surface area contributed by atoms with E-state index in [1.807, 2.05) is 6.07 Å². The molecule has 2 aromatic rings. The number of hydrogen-bond donors (Lipinski definition) is 1. The predicted molar refractivity (Wildman–Crippen MR) is 63.1 cm³/mol. The van der Waals surface area contributed by atoms with Gasteiger partial charge in [-0.25, -0.2) is 9.78 Å². The molecular weight excluding hydrogens is 242 g/mol. The Morgan fingerprint density at radius 3 is 2.59 bits per heavy atom. The summed E-state index contributed by atoms with van der Waals surface area (Å²) in [4.78, 5) is 27.6. The average Bonchev–Trinajstić information content (AvgIpc) is 2.62. The van der Waals surface area contributed by atoms with Crippen LogP contribution in [0.1, 0.15) is 0 Å². The van der Waals surface area contributed by atoms with E-state index in [1.54, 1.807) is 0 Å². The lowest BCUT2D eigenvalue weighted by Crippen LogP contribution is -2.37. The fourth-order valence-corrected chi connectivity index (χ4v) is 1.92. The van der Waals surface area contributed by atoms with Crippen LogP contribution in [-0.4, -0.2) is 18.7 Å². The SMILES string of the molecule is Cn1c(=O)c2c(nc(S)n2CC#N)n(C)c1=O. The minimum Gasteiger partial charge on any atom is -0.299 e. The van der Waals surface area contributed by atoms with Gasteiger partial charge in [-0.2, -0.15) is 5.26 Å². The van der Waals surface area contributed by atoms with Crippen LogP contribution >= 0.6 is 12.6 Å². The van der Waals surface area contributed by atoms with Gasteiger partial charge in [-0.05, 0) is 0 Å². The average molecular weight is 251 g/mol. The lowest BCUT2D eigenvalue weighted by Gasteiger charge is -2.03. The summed E-state index contributed by atoms with van der Waals surface area (Å²) in [5.74, 6) is 0. The fourth-order valence-electron chi connectivity index (χ4n) is 1.66. The van der Waals surface area contributed by atoms with E-state index in [-0.39, 0.29) is 22.9 Å². The van der Waals surface area contributed by atoms with Crippen LogP contribution < -0.4 is 11.2 Å². The quantitative estimate of drug-likeness (QED) is 0.675. The number of fused-ring (bicyclic) bond motifs is 1. The molecule has 0 amide bonds. The number of nitrogens with zero attached hydrogens (tertiary/aromatic N) is 5. The summed E-state index contributed by atoms with van der Waals surface area (Å²) in [6, 6.07) is 1.92. The van der Waals surface area contributed by atoms with E-state index in [2.05, 4.69) is 17.6 Å². The predicted octanol–water partition coefficient (Wildman–Crippen LogP) is -0.754. The molecule has 2 heterocycles. The Balaban J connectivity index is 3.09. The molecule has 0 fully saturated rings. The summed E-state index contributed by atoms with van der Waals surface area (Å²) in [7, 11) is 2.90. The fraction of sp³-hybridized carbons (Fsp3) is 0.333. The maximum Gasteiger partial charge on any atom is 0.332 e. The molecule has 7 nitrogen and oxygen atoms in total.